The molecule has 6 nitrogen and oxygen atoms in total. The normalized spacial score (nSPS) is 10.2. The van der Waals surface area contributed by atoms with Crippen molar-refractivity contribution in [1.82, 2.24) is 4.98 Å². The van der Waals surface area contributed by atoms with Crippen LogP contribution < -0.4 is 15.2 Å². The van der Waals surface area contributed by atoms with Crippen molar-refractivity contribution < 1.29 is 14.6 Å². The molecule has 0 amide bonds. The minimum atomic E-state index is 0.0765. The second-order valence-electron chi connectivity index (χ2n) is 5.51. The summed E-state index contributed by atoms with van der Waals surface area (Å²) in [4.78, 5) is 4.28. The molecule has 1 heterocycles. The van der Waals surface area contributed by atoms with Crippen LogP contribution >= 0.6 is 0 Å². The Labute approximate surface area is 151 Å². The van der Waals surface area contributed by atoms with E-state index in [0.717, 1.165) is 0 Å². The molecule has 0 aliphatic carbocycles. The highest BCUT2D eigenvalue weighted by Gasteiger charge is 2.18. The molecule has 0 spiro atoms. The van der Waals surface area contributed by atoms with Gasteiger partial charge in [-0.15, -0.1) is 0 Å². The largest absolute Gasteiger partial charge is 0.507 e. The van der Waals surface area contributed by atoms with Crippen LogP contribution in [0.2, 0.25) is 0 Å². The van der Waals surface area contributed by atoms with Gasteiger partial charge in [-0.2, -0.15) is 5.26 Å². The van der Waals surface area contributed by atoms with Crippen LogP contribution in [-0.4, -0.2) is 24.3 Å². The number of phenolic OH excluding ortho intramolecular Hbond substituents is 1. The van der Waals surface area contributed by atoms with Gasteiger partial charge in [0, 0.05) is 16.7 Å². The predicted octanol–water partition coefficient (Wildman–Crippen LogP) is 3.59. The van der Waals surface area contributed by atoms with Gasteiger partial charge in [-0.25, -0.2) is 4.98 Å². The molecule has 2 aromatic carbocycles. The molecule has 0 radical (unpaired) electrons. The van der Waals surface area contributed by atoms with E-state index >= 15 is 0 Å². The molecule has 0 saturated heterocycles. The van der Waals surface area contributed by atoms with E-state index in [0.29, 0.717) is 33.9 Å². The molecule has 0 fully saturated rings. The average Bonchev–Trinajstić information content (AvgIpc) is 2.67. The number of aromatic nitrogens is 1. The Morgan fingerprint density at radius 2 is 1.77 bits per heavy atom. The van der Waals surface area contributed by atoms with Gasteiger partial charge in [0.05, 0.1) is 19.9 Å². The predicted molar refractivity (Wildman–Crippen MR) is 99.0 cm³/mol. The molecule has 0 aliphatic heterocycles. The van der Waals surface area contributed by atoms with Crippen LogP contribution in [0.15, 0.2) is 48.5 Å². The average molecular weight is 347 g/mol. The smallest absolute Gasteiger partial charge is 0.142 e. The lowest BCUT2D eigenvalue weighted by Crippen LogP contribution is -2.01. The number of nitrogen functional groups attached to an aromatic ring is 1. The number of nitrogens with zero attached hydrogens (tertiary/aromatic N) is 2. The molecule has 26 heavy (non-hydrogen) atoms. The standard InChI is InChI=1S/C20H17N3O3/c1-25-12-7-8-19(26-2)15(9-12)14-10-17(23-20(22)16(14)11-21)13-5-3-4-6-18(13)24/h3-10,24H,1-2H3,(H2,22,23). The van der Waals surface area contributed by atoms with Crippen LogP contribution in [0.4, 0.5) is 5.82 Å². The highest BCUT2D eigenvalue weighted by atomic mass is 16.5. The second-order valence-corrected chi connectivity index (χ2v) is 5.51. The number of pyridine rings is 1. The summed E-state index contributed by atoms with van der Waals surface area (Å²) in [6.07, 6.45) is 0. The van der Waals surface area contributed by atoms with Crippen molar-refractivity contribution in [2.45, 2.75) is 0 Å². The Kier molecular flexibility index (Phi) is 4.63. The number of phenols is 1. The third kappa shape index (κ3) is 2.98. The summed E-state index contributed by atoms with van der Waals surface area (Å²) < 4.78 is 10.7. The number of nitrogens with two attached hydrogens (primary N) is 1. The van der Waals surface area contributed by atoms with Crippen LogP contribution in [0.25, 0.3) is 22.4 Å². The van der Waals surface area contributed by atoms with Crippen molar-refractivity contribution in [2.75, 3.05) is 20.0 Å². The summed E-state index contributed by atoms with van der Waals surface area (Å²) in [5.74, 6) is 1.33. The molecule has 1 aromatic heterocycles. The Balaban J connectivity index is 2.31. The highest BCUT2D eigenvalue weighted by molar-refractivity contribution is 5.84. The Bertz CT molecular complexity index is 1010. The number of rotatable bonds is 4. The first-order valence-electron chi connectivity index (χ1n) is 7.80. The number of nitriles is 1. The van der Waals surface area contributed by atoms with E-state index in [9.17, 15) is 10.4 Å². The first-order chi connectivity index (χ1) is 12.6. The molecular formula is C20H17N3O3. The number of ether oxygens (including phenoxy) is 2. The molecule has 0 unspecified atom stereocenters. The second kappa shape index (κ2) is 7.03. The van der Waals surface area contributed by atoms with Gasteiger partial charge in [0.1, 0.15) is 34.7 Å². The van der Waals surface area contributed by atoms with E-state index < -0.39 is 0 Å². The fourth-order valence-electron chi connectivity index (χ4n) is 2.75. The number of methoxy groups -OCH3 is 2. The van der Waals surface area contributed by atoms with Crippen molar-refractivity contribution in [3.63, 3.8) is 0 Å². The molecule has 3 rings (SSSR count). The number of hydrogen-bond acceptors (Lipinski definition) is 6. The highest BCUT2D eigenvalue weighted by Crippen LogP contribution is 2.39. The van der Waals surface area contributed by atoms with Gasteiger partial charge in [0.2, 0.25) is 0 Å². The van der Waals surface area contributed by atoms with E-state index in [-0.39, 0.29) is 17.1 Å². The van der Waals surface area contributed by atoms with Gasteiger partial charge in [0.25, 0.3) is 0 Å². The molecule has 130 valence electrons. The van der Waals surface area contributed by atoms with Crippen LogP contribution in [-0.2, 0) is 0 Å². The topological polar surface area (TPSA) is 101 Å². The quantitative estimate of drug-likeness (QED) is 0.748. The molecule has 3 aromatic rings. The summed E-state index contributed by atoms with van der Waals surface area (Å²) in [5.41, 5.74) is 8.44. The SMILES string of the molecule is COc1ccc(OC)c(-c2cc(-c3ccccc3O)nc(N)c2C#N)c1. The molecule has 0 saturated carbocycles. The summed E-state index contributed by atoms with van der Waals surface area (Å²) in [7, 11) is 3.11. The molecule has 0 atom stereocenters. The summed E-state index contributed by atoms with van der Waals surface area (Å²) in [6.45, 7) is 0. The molecule has 0 bridgehead atoms. The van der Waals surface area contributed by atoms with Crippen LogP contribution in [0.5, 0.6) is 17.2 Å². The first kappa shape index (κ1) is 17.1. The van der Waals surface area contributed by atoms with Crippen LogP contribution in [0, 0.1) is 11.3 Å². The maximum atomic E-state index is 10.1. The number of hydrogen-bond donors (Lipinski definition) is 2. The van der Waals surface area contributed by atoms with Crippen LogP contribution in [0.1, 0.15) is 5.56 Å². The zero-order chi connectivity index (χ0) is 18.7. The lowest BCUT2D eigenvalue weighted by atomic mass is 9.97. The summed E-state index contributed by atoms with van der Waals surface area (Å²) in [6, 6.07) is 15.9. The van der Waals surface area contributed by atoms with Crippen LogP contribution in [0.3, 0.4) is 0 Å². The van der Waals surface area contributed by atoms with E-state index in [4.69, 9.17) is 15.2 Å². The molecule has 6 heteroatoms. The van der Waals surface area contributed by atoms with Gasteiger partial charge in [-0.05, 0) is 36.4 Å². The minimum Gasteiger partial charge on any atom is -0.507 e. The Morgan fingerprint density at radius 1 is 1.00 bits per heavy atom. The molecule has 3 N–H and O–H groups in total. The van der Waals surface area contributed by atoms with Gasteiger partial charge in [-0.1, -0.05) is 12.1 Å². The fourth-order valence-corrected chi connectivity index (χ4v) is 2.75. The maximum absolute atomic E-state index is 10.1. The van der Waals surface area contributed by atoms with Crippen molar-refractivity contribution >= 4 is 5.82 Å². The van der Waals surface area contributed by atoms with Crippen molar-refractivity contribution in [2.24, 2.45) is 0 Å². The van der Waals surface area contributed by atoms with Gasteiger partial charge in [-0.3, -0.25) is 0 Å². The lowest BCUT2D eigenvalue weighted by Gasteiger charge is -2.14. The summed E-state index contributed by atoms with van der Waals surface area (Å²) >= 11 is 0. The van der Waals surface area contributed by atoms with Gasteiger partial charge >= 0.3 is 0 Å². The molecular weight excluding hydrogens is 330 g/mol. The van der Waals surface area contributed by atoms with E-state index in [1.807, 2.05) is 0 Å². The number of para-hydroxylation sites is 1. The summed E-state index contributed by atoms with van der Waals surface area (Å²) in [5, 5.41) is 19.7. The minimum absolute atomic E-state index is 0.0765. The van der Waals surface area contributed by atoms with E-state index in [2.05, 4.69) is 11.1 Å². The zero-order valence-corrected chi connectivity index (χ0v) is 14.4. The lowest BCUT2D eigenvalue weighted by molar-refractivity contribution is 0.404. The number of benzene rings is 2. The third-order valence-electron chi connectivity index (χ3n) is 4.04. The van der Waals surface area contributed by atoms with E-state index in [1.165, 1.54) is 0 Å². The van der Waals surface area contributed by atoms with Crippen molar-refractivity contribution in [3.05, 3.63) is 54.1 Å². The first-order valence-corrected chi connectivity index (χ1v) is 7.80. The number of anilines is 1. The van der Waals surface area contributed by atoms with Crippen molar-refractivity contribution in [3.8, 4) is 45.7 Å². The molecule has 0 aliphatic rings. The van der Waals surface area contributed by atoms with E-state index in [1.54, 1.807) is 62.8 Å². The third-order valence-corrected chi connectivity index (χ3v) is 4.04. The number of aromatic hydroxyl groups is 1. The Hall–Kier alpha value is -3.72. The van der Waals surface area contributed by atoms with Gasteiger partial charge in [0.15, 0.2) is 0 Å². The van der Waals surface area contributed by atoms with Gasteiger partial charge < -0.3 is 20.3 Å². The maximum Gasteiger partial charge on any atom is 0.142 e. The van der Waals surface area contributed by atoms with Crippen molar-refractivity contribution in [1.29, 1.82) is 5.26 Å². The zero-order valence-electron chi connectivity index (χ0n) is 14.4. The Morgan fingerprint density at radius 3 is 2.42 bits per heavy atom. The fraction of sp³-hybridized carbons (Fsp3) is 0.100. The monoisotopic (exact) mass is 347 g/mol.